The van der Waals surface area contributed by atoms with Gasteiger partial charge in [0.05, 0.1) is 13.1 Å². The second-order valence-corrected chi connectivity index (χ2v) is 8.28. The van der Waals surface area contributed by atoms with Crippen LogP contribution in [0.3, 0.4) is 0 Å². The molecule has 0 amide bonds. The summed E-state index contributed by atoms with van der Waals surface area (Å²) in [6, 6.07) is 8.74. The van der Waals surface area contributed by atoms with Gasteiger partial charge >= 0.3 is 17.8 Å². The summed E-state index contributed by atoms with van der Waals surface area (Å²) in [4.78, 5) is 46.8. The maximum Gasteiger partial charge on any atom is 0.493 e. The third-order valence-electron chi connectivity index (χ3n) is 5.98. The number of anilines is 2. The van der Waals surface area contributed by atoms with Crippen LogP contribution in [0.15, 0.2) is 39.9 Å². The molecule has 1 fully saturated rings. The van der Waals surface area contributed by atoms with Crippen molar-refractivity contribution in [3.63, 3.8) is 0 Å². The molecule has 0 aliphatic carbocycles. The van der Waals surface area contributed by atoms with Gasteiger partial charge in [0.1, 0.15) is 0 Å². The number of alkyl halides is 3. The van der Waals surface area contributed by atoms with Crippen molar-refractivity contribution in [3.05, 3.63) is 56.7 Å². The largest absolute Gasteiger partial charge is 0.493 e. The number of fused-ring (bicyclic) bond motifs is 1. The third-order valence-corrected chi connectivity index (χ3v) is 5.98. The van der Waals surface area contributed by atoms with E-state index in [-0.39, 0.29) is 24.6 Å². The fourth-order valence-corrected chi connectivity index (χ4v) is 4.29. The number of benzene rings is 1. The molecule has 0 radical (unpaired) electrons. The summed E-state index contributed by atoms with van der Waals surface area (Å²) in [6.07, 6.45) is -6.42. The highest BCUT2D eigenvalue weighted by Crippen LogP contribution is 2.39. The molecule has 192 valence electrons. The minimum atomic E-state index is -5.30. The van der Waals surface area contributed by atoms with E-state index >= 15 is 0 Å². The second kappa shape index (κ2) is 10.1. The summed E-state index contributed by atoms with van der Waals surface area (Å²) in [5, 5.41) is 3.89. The van der Waals surface area contributed by atoms with Crippen LogP contribution in [-0.4, -0.2) is 65.2 Å². The summed E-state index contributed by atoms with van der Waals surface area (Å²) < 4.78 is 42.0. The lowest BCUT2D eigenvalue weighted by Crippen LogP contribution is -2.61. The number of aromatic nitrogens is 2. The summed E-state index contributed by atoms with van der Waals surface area (Å²) in [5.74, 6) is 2.87. The van der Waals surface area contributed by atoms with E-state index < -0.39 is 29.7 Å². The molecule has 13 heteroatoms. The Morgan fingerprint density at radius 1 is 1.17 bits per heavy atom. The number of rotatable bonds is 5. The lowest BCUT2D eigenvalue weighted by atomic mass is 10.2. The van der Waals surface area contributed by atoms with Crippen LogP contribution in [0.5, 0.6) is 0 Å². The zero-order valence-electron chi connectivity index (χ0n) is 19.7. The van der Waals surface area contributed by atoms with E-state index in [0.717, 1.165) is 14.2 Å². The molecule has 1 unspecified atom stereocenters. The van der Waals surface area contributed by atoms with Crippen LogP contribution < -0.4 is 26.5 Å². The Labute approximate surface area is 204 Å². The molecule has 1 N–H and O–H groups in total. The highest BCUT2D eigenvalue weighted by molar-refractivity contribution is 5.80. The molecule has 4 rings (SSSR count). The fraction of sp³-hybridized carbons (Fsp3) is 0.435. The highest BCUT2D eigenvalue weighted by atomic mass is 19.4. The predicted molar refractivity (Wildman–Crippen MR) is 125 cm³/mol. The van der Waals surface area contributed by atoms with Gasteiger partial charge < -0.3 is 15.1 Å². The van der Waals surface area contributed by atoms with Crippen molar-refractivity contribution in [1.82, 2.24) is 19.4 Å². The van der Waals surface area contributed by atoms with Crippen molar-refractivity contribution in [2.75, 3.05) is 42.7 Å². The van der Waals surface area contributed by atoms with Crippen LogP contribution in [-0.2, 0) is 23.2 Å². The lowest BCUT2D eigenvalue weighted by molar-refractivity contribution is -0.203. The van der Waals surface area contributed by atoms with Crippen molar-refractivity contribution < 1.29 is 22.8 Å². The van der Waals surface area contributed by atoms with E-state index in [1.165, 1.54) is 11.9 Å². The highest BCUT2D eigenvalue weighted by Gasteiger charge is 2.50. The molecule has 1 aromatic heterocycles. The Kier molecular flexibility index (Phi) is 7.09. The topological polar surface area (TPSA) is 92.0 Å². The molecule has 36 heavy (non-hydrogen) atoms. The number of hydroxylamine groups is 1. The minimum absolute atomic E-state index is 0.0447. The van der Waals surface area contributed by atoms with Crippen molar-refractivity contribution in [1.29, 1.82) is 0 Å². The number of carbonyl (C=O) groups is 1. The van der Waals surface area contributed by atoms with Gasteiger partial charge in [-0.1, -0.05) is 36.3 Å². The number of hydrogen-bond donors (Lipinski definition) is 1. The average Bonchev–Trinajstić information content (AvgIpc) is 3.18. The molecule has 0 bridgehead atoms. The number of nitrogens with one attached hydrogen (secondary N) is 1. The number of piperazine rings is 1. The van der Waals surface area contributed by atoms with Gasteiger partial charge in [0.25, 0.3) is 5.56 Å². The van der Waals surface area contributed by atoms with E-state index in [1.54, 1.807) is 42.2 Å². The van der Waals surface area contributed by atoms with Gasteiger partial charge in [-0.25, -0.2) is 9.59 Å². The zero-order chi connectivity index (χ0) is 26.0. The van der Waals surface area contributed by atoms with Crippen LogP contribution in [0.2, 0.25) is 0 Å². The number of nitrogens with zero attached hydrogens (tertiary/aromatic N) is 5. The van der Waals surface area contributed by atoms with E-state index in [9.17, 15) is 27.6 Å². The van der Waals surface area contributed by atoms with E-state index in [0.29, 0.717) is 31.7 Å². The standard InChI is InChI=1S/C23H25F3N6O4/c1-3-4-12-30-17-18(31(22(35)28(2)19(17)33)15-16-8-6-5-7-9-16)32(36-20(34)23(24,25)26)21(30)29-13-10-27-11-14-29/h5-9,21,27H,10-15H2,1-2H3. The predicted octanol–water partition coefficient (Wildman–Crippen LogP) is 0.454. The second-order valence-electron chi connectivity index (χ2n) is 8.28. The van der Waals surface area contributed by atoms with Crippen LogP contribution in [0, 0.1) is 11.8 Å². The molecule has 2 aliphatic rings. The number of carbonyl (C=O) groups excluding carboxylic acids is 1. The van der Waals surface area contributed by atoms with E-state index in [4.69, 9.17) is 4.84 Å². The first-order valence-corrected chi connectivity index (χ1v) is 11.2. The maximum absolute atomic E-state index is 13.4. The summed E-state index contributed by atoms with van der Waals surface area (Å²) >= 11 is 0. The maximum atomic E-state index is 13.4. The van der Waals surface area contributed by atoms with Crippen LogP contribution in [0.1, 0.15) is 12.5 Å². The van der Waals surface area contributed by atoms with Gasteiger partial charge in [-0.3, -0.25) is 18.8 Å². The summed E-state index contributed by atoms with van der Waals surface area (Å²) in [7, 11) is 1.29. The zero-order valence-corrected chi connectivity index (χ0v) is 19.7. The molecule has 3 heterocycles. The minimum Gasteiger partial charge on any atom is -0.327 e. The molecule has 10 nitrogen and oxygen atoms in total. The molecule has 0 spiro atoms. The first-order chi connectivity index (χ1) is 17.1. The summed E-state index contributed by atoms with van der Waals surface area (Å²) in [6.45, 7) is 3.30. The molecule has 1 aromatic carbocycles. The summed E-state index contributed by atoms with van der Waals surface area (Å²) in [5.41, 5.74) is -0.914. The average molecular weight is 506 g/mol. The van der Waals surface area contributed by atoms with Gasteiger partial charge in [0.2, 0.25) is 0 Å². The van der Waals surface area contributed by atoms with Crippen molar-refractivity contribution >= 4 is 17.5 Å². The normalized spacial score (nSPS) is 18.0. The van der Waals surface area contributed by atoms with E-state index in [1.807, 2.05) is 0 Å². The monoisotopic (exact) mass is 506 g/mol. The van der Waals surface area contributed by atoms with Crippen LogP contribution >= 0.6 is 0 Å². The molecule has 2 aliphatic heterocycles. The molecule has 2 aromatic rings. The Morgan fingerprint density at radius 2 is 1.83 bits per heavy atom. The molecular formula is C23H25F3N6O4. The molecule has 0 saturated carbocycles. The van der Waals surface area contributed by atoms with Gasteiger partial charge in [-0.2, -0.15) is 13.2 Å². The first-order valence-electron chi connectivity index (χ1n) is 11.2. The SMILES string of the molecule is CC#CCN1c2c(n(Cc3ccccc3)c(=O)n(C)c2=O)N(OC(=O)C(F)(F)F)C1N1CCNCC1. The van der Waals surface area contributed by atoms with E-state index in [2.05, 4.69) is 17.2 Å². The molecule has 1 atom stereocenters. The van der Waals surface area contributed by atoms with Gasteiger partial charge in [0, 0.05) is 33.2 Å². The quantitative estimate of drug-likeness (QED) is 0.585. The number of hydrogen-bond acceptors (Lipinski definition) is 8. The van der Waals surface area contributed by atoms with Gasteiger partial charge in [-0.05, 0) is 12.5 Å². The third kappa shape index (κ3) is 4.69. The Bertz CT molecular complexity index is 1310. The van der Waals surface area contributed by atoms with Crippen molar-refractivity contribution in [2.45, 2.75) is 25.9 Å². The molecule has 1 saturated heterocycles. The Balaban J connectivity index is 1.97. The van der Waals surface area contributed by atoms with Crippen molar-refractivity contribution in [2.24, 2.45) is 7.05 Å². The Hall–Kier alpha value is -3.76. The number of halogens is 3. The molecular weight excluding hydrogens is 481 g/mol. The van der Waals surface area contributed by atoms with Gasteiger partial charge in [-0.15, -0.1) is 11.0 Å². The fourth-order valence-electron chi connectivity index (χ4n) is 4.29. The smallest absolute Gasteiger partial charge is 0.327 e. The first kappa shape index (κ1) is 25.3. The van der Waals surface area contributed by atoms with Crippen LogP contribution in [0.4, 0.5) is 24.7 Å². The van der Waals surface area contributed by atoms with Gasteiger partial charge in [0.15, 0.2) is 17.8 Å². The van der Waals surface area contributed by atoms with Crippen molar-refractivity contribution in [3.8, 4) is 11.8 Å². The van der Waals surface area contributed by atoms with Crippen LogP contribution in [0.25, 0.3) is 0 Å². The Morgan fingerprint density at radius 3 is 2.44 bits per heavy atom. The lowest BCUT2D eigenvalue weighted by Gasteiger charge is -2.40.